The molecule has 2 heteroatoms. The maximum atomic E-state index is 3.41. The van der Waals surface area contributed by atoms with Crippen molar-refractivity contribution < 1.29 is 0 Å². The molecule has 2 N–H and O–H groups in total. The van der Waals surface area contributed by atoms with Gasteiger partial charge in [-0.2, -0.15) is 0 Å². The summed E-state index contributed by atoms with van der Waals surface area (Å²) in [7, 11) is 0. The van der Waals surface area contributed by atoms with E-state index < -0.39 is 0 Å². The lowest BCUT2D eigenvalue weighted by Gasteiger charge is -2.16. The lowest BCUT2D eigenvalue weighted by Crippen LogP contribution is -2.41. The van der Waals surface area contributed by atoms with Crippen molar-refractivity contribution in [1.29, 1.82) is 0 Å². The van der Waals surface area contributed by atoms with Crippen molar-refractivity contribution in [3.8, 4) is 0 Å². The highest BCUT2D eigenvalue weighted by Crippen LogP contribution is 1.84. The molecular formula is C8H20N2. The second-order valence-electron chi connectivity index (χ2n) is 2.47. The summed E-state index contributed by atoms with van der Waals surface area (Å²) >= 11 is 0. The Hall–Kier alpha value is -0.0800. The molecule has 10 heavy (non-hydrogen) atoms. The SMILES string of the molecule is CCCNC(CC)NCC. The molecule has 0 bridgehead atoms. The van der Waals surface area contributed by atoms with E-state index in [0.29, 0.717) is 6.17 Å². The van der Waals surface area contributed by atoms with Crippen LogP contribution in [0.5, 0.6) is 0 Å². The molecule has 0 spiro atoms. The molecule has 0 fully saturated rings. The first kappa shape index (κ1) is 9.92. The Labute approximate surface area is 64.4 Å². The number of hydrogen-bond donors (Lipinski definition) is 2. The van der Waals surface area contributed by atoms with Crippen molar-refractivity contribution in [2.24, 2.45) is 0 Å². The molecule has 1 unspecified atom stereocenters. The maximum absolute atomic E-state index is 3.41. The first-order chi connectivity index (χ1) is 4.85. The Bertz CT molecular complexity index is 64.3. The van der Waals surface area contributed by atoms with Gasteiger partial charge in [0.15, 0.2) is 0 Å². The van der Waals surface area contributed by atoms with Crippen LogP contribution in [0.25, 0.3) is 0 Å². The monoisotopic (exact) mass is 144 g/mol. The molecule has 0 radical (unpaired) electrons. The number of rotatable bonds is 6. The Balaban J connectivity index is 3.21. The molecule has 0 saturated heterocycles. The minimum Gasteiger partial charge on any atom is -0.302 e. The largest absolute Gasteiger partial charge is 0.302 e. The lowest BCUT2D eigenvalue weighted by molar-refractivity contribution is 0.423. The smallest absolute Gasteiger partial charge is 0.0568 e. The molecule has 0 saturated carbocycles. The van der Waals surface area contributed by atoms with Crippen molar-refractivity contribution in [3.63, 3.8) is 0 Å². The van der Waals surface area contributed by atoms with Crippen molar-refractivity contribution in [3.05, 3.63) is 0 Å². The van der Waals surface area contributed by atoms with Crippen molar-refractivity contribution in [1.82, 2.24) is 10.6 Å². The Morgan fingerprint density at radius 3 is 2.20 bits per heavy atom. The average Bonchev–Trinajstić information content (AvgIpc) is 1.98. The van der Waals surface area contributed by atoms with E-state index in [1.54, 1.807) is 0 Å². The van der Waals surface area contributed by atoms with Gasteiger partial charge >= 0.3 is 0 Å². The summed E-state index contributed by atoms with van der Waals surface area (Å²) in [4.78, 5) is 0. The molecule has 0 amide bonds. The highest BCUT2D eigenvalue weighted by Gasteiger charge is 1.99. The predicted octanol–water partition coefficient (Wildman–Crippen LogP) is 1.33. The minimum absolute atomic E-state index is 0.518. The molecule has 0 aliphatic heterocycles. The summed E-state index contributed by atoms with van der Waals surface area (Å²) in [6.45, 7) is 8.68. The van der Waals surface area contributed by atoms with Gasteiger partial charge in [0.25, 0.3) is 0 Å². The van der Waals surface area contributed by atoms with Crippen LogP contribution in [0.15, 0.2) is 0 Å². The zero-order chi connectivity index (χ0) is 7.82. The second kappa shape index (κ2) is 7.03. The third kappa shape index (κ3) is 4.77. The minimum atomic E-state index is 0.518. The Morgan fingerprint density at radius 1 is 1.10 bits per heavy atom. The van der Waals surface area contributed by atoms with E-state index >= 15 is 0 Å². The van der Waals surface area contributed by atoms with Gasteiger partial charge < -0.3 is 10.6 Å². The average molecular weight is 144 g/mol. The topological polar surface area (TPSA) is 24.1 Å². The van der Waals surface area contributed by atoms with E-state index in [9.17, 15) is 0 Å². The van der Waals surface area contributed by atoms with Crippen LogP contribution in [0.1, 0.15) is 33.6 Å². The van der Waals surface area contributed by atoms with Crippen molar-refractivity contribution >= 4 is 0 Å². The van der Waals surface area contributed by atoms with Gasteiger partial charge in [-0.05, 0) is 25.9 Å². The van der Waals surface area contributed by atoms with Crippen LogP contribution in [0.4, 0.5) is 0 Å². The molecule has 0 rings (SSSR count). The van der Waals surface area contributed by atoms with Crippen LogP contribution in [-0.4, -0.2) is 19.3 Å². The predicted molar refractivity (Wildman–Crippen MR) is 46.0 cm³/mol. The summed E-state index contributed by atoms with van der Waals surface area (Å²) < 4.78 is 0. The third-order valence-electron chi connectivity index (χ3n) is 1.50. The quantitative estimate of drug-likeness (QED) is 0.550. The fraction of sp³-hybridized carbons (Fsp3) is 1.00. The molecule has 1 atom stereocenters. The zero-order valence-electron chi connectivity index (χ0n) is 7.41. The van der Waals surface area contributed by atoms with Crippen molar-refractivity contribution in [2.75, 3.05) is 13.1 Å². The van der Waals surface area contributed by atoms with Gasteiger partial charge in [-0.15, -0.1) is 0 Å². The molecule has 0 aromatic rings. The maximum Gasteiger partial charge on any atom is 0.0568 e. The van der Waals surface area contributed by atoms with E-state index in [4.69, 9.17) is 0 Å². The molecule has 0 heterocycles. The van der Waals surface area contributed by atoms with Crippen LogP contribution in [0.2, 0.25) is 0 Å². The molecule has 0 aliphatic carbocycles. The van der Waals surface area contributed by atoms with Gasteiger partial charge in [0.05, 0.1) is 6.17 Å². The summed E-state index contributed by atoms with van der Waals surface area (Å²) in [5, 5.41) is 6.76. The van der Waals surface area contributed by atoms with E-state index in [0.717, 1.165) is 19.5 Å². The molecule has 0 aromatic heterocycles. The van der Waals surface area contributed by atoms with Gasteiger partial charge in [0.2, 0.25) is 0 Å². The number of nitrogens with one attached hydrogen (secondary N) is 2. The van der Waals surface area contributed by atoms with E-state index in [1.807, 2.05) is 0 Å². The second-order valence-corrected chi connectivity index (χ2v) is 2.47. The fourth-order valence-corrected chi connectivity index (χ4v) is 0.926. The van der Waals surface area contributed by atoms with E-state index in [-0.39, 0.29) is 0 Å². The molecular weight excluding hydrogens is 124 g/mol. The highest BCUT2D eigenvalue weighted by atomic mass is 15.1. The first-order valence-electron chi connectivity index (χ1n) is 4.31. The van der Waals surface area contributed by atoms with Gasteiger partial charge in [0.1, 0.15) is 0 Å². The first-order valence-corrected chi connectivity index (χ1v) is 4.31. The van der Waals surface area contributed by atoms with Crippen LogP contribution in [0, 0.1) is 0 Å². The van der Waals surface area contributed by atoms with Crippen LogP contribution < -0.4 is 10.6 Å². The summed E-state index contributed by atoms with van der Waals surface area (Å²) in [5.74, 6) is 0. The molecule has 62 valence electrons. The zero-order valence-corrected chi connectivity index (χ0v) is 7.41. The van der Waals surface area contributed by atoms with Crippen molar-refractivity contribution in [2.45, 2.75) is 39.8 Å². The molecule has 2 nitrogen and oxygen atoms in total. The van der Waals surface area contributed by atoms with Crippen LogP contribution >= 0.6 is 0 Å². The van der Waals surface area contributed by atoms with Crippen LogP contribution in [0.3, 0.4) is 0 Å². The summed E-state index contributed by atoms with van der Waals surface area (Å²) in [6.07, 6.45) is 2.89. The van der Waals surface area contributed by atoms with Gasteiger partial charge in [-0.3, -0.25) is 0 Å². The Morgan fingerprint density at radius 2 is 1.80 bits per heavy atom. The van der Waals surface area contributed by atoms with E-state index in [1.165, 1.54) is 6.42 Å². The summed E-state index contributed by atoms with van der Waals surface area (Å²) in [5.41, 5.74) is 0. The third-order valence-corrected chi connectivity index (χ3v) is 1.50. The highest BCUT2D eigenvalue weighted by molar-refractivity contribution is 4.59. The normalized spacial score (nSPS) is 13.5. The van der Waals surface area contributed by atoms with Gasteiger partial charge in [-0.1, -0.05) is 20.8 Å². The fourth-order valence-electron chi connectivity index (χ4n) is 0.926. The summed E-state index contributed by atoms with van der Waals surface area (Å²) in [6, 6.07) is 0. The lowest BCUT2D eigenvalue weighted by atomic mass is 10.3. The molecule has 0 aliphatic rings. The van der Waals surface area contributed by atoms with Gasteiger partial charge in [0, 0.05) is 0 Å². The molecule has 0 aromatic carbocycles. The van der Waals surface area contributed by atoms with Crippen LogP contribution in [-0.2, 0) is 0 Å². The number of hydrogen-bond acceptors (Lipinski definition) is 2. The Kier molecular flexibility index (Phi) is 6.98. The van der Waals surface area contributed by atoms with E-state index in [2.05, 4.69) is 31.4 Å². The standard InChI is InChI=1S/C8H20N2/c1-4-7-10-8(5-2)9-6-3/h8-10H,4-7H2,1-3H3. The van der Waals surface area contributed by atoms with Gasteiger partial charge in [-0.25, -0.2) is 0 Å².